The van der Waals surface area contributed by atoms with E-state index >= 15 is 0 Å². The number of nitrogen functional groups attached to an aromatic ring is 1. The quantitative estimate of drug-likeness (QED) is 0.593. The second-order valence-corrected chi connectivity index (χ2v) is 6.00. The van der Waals surface area contributed by atoms with Crippen molar-refractivity contribution in [2.45, 2.75) is 39.5 Å². The Morgan fingerprint density at radius 3 is 2.19 bits per heavy atom. The van der Waals surface area contributed by atoms with E-state index in [9.17, 15) is 0 Å². The molecule has 112 valence electrons. The van der Waals surface area contributed by atoms with Gasteiger partial charge in [0.15, 0.2) is 0 Å². The Hall–Kier alpha value is -2.14. The van der Waals surface area contributed by atoms with Crippen molar-refractivity contribution < 1.29 is 0 Å². The molecular weight excluding hydrogens is 262 g/mol. The minimum Gasteiger partial charge on any atom is -0.340 e. The maximum absolute atomic E-state index is 5.49. The summed E-state index contributed by atoms with van der Waals surface area (Å²) >= 11 is 0. The van der Waals surface area contributed by atoms with Crippen LogP contribution in [0.25, 0.3) is 0 Å². The fourth-order valence-corrected chi connectivity index (χ4v) is 2.17. The Bertz CT molecular complexity index is 599. The molecule has 2 aromatic rings. The van der Waals surface area contributed by atoms with Gasteiger partial charge in [-0.05, 0) is 29.5 Å². The predicted molar refractivity (Wildman–Crippen MR) is 87.6 cm³/mol. The van der Waals surface area contributed by atoms with Crippen molar-refractivity contribution in [1.82, 2.24) is 9.97 Å². The highest BCUT2D eigenvalue weighted by Crippen LogP contribution is 2.26. The topological polar surface area (TPSA) is 75.9 Å². The number of hydrazine groups is 1. The molecule has 0 unspecified atom stereocenters. The van der Waals surface area contributed by atoms with Gasteiger partial charge in [-0.2, -0.15) is 0 Å². The van der Waals surface area contributed by atoms with Crippen LogP contribution in [0.5, 0.6) is 0 Å². The molecule has 4 N–H and O–H groups in total. The summed E-state index contributed by atoms with van der Waals surface area (Å²) in [5.41, 5.74) is 6.04. The first-order chi connectivity index (χ1) is 9.95. The highest BCUT2D eigenvalue weighted by Gasteiger charge is 2.13. The lowest BCUT2D eigenvalue weighted by Crippen LogP contribution is -2.13. The molecule has 0 aliphatic heterocycles. The van der Waals surface area contributed by atoms with Crippen LogP contribution in [0.4, 0.5) is 17.3 Å². The summed E-state index contributed by atoms with van der Waals surface area (Å²) in [5, 5.41) is 3.33. The number of rotatable bonds is 4. The zero-order chi connectivity index (χ0) is 15.5. The normalized spacial score (nSPS) is 11.3. The van der Waals surface area contributed by atoms with Crippen LogP contribution < -0.4 is 16.6 Å². The van der Waals surface area contributed by atoms with Gasteiger partial charge in [0.25, 0.3) is 0 Å². The van der Waals surface area contributed by atoms with Crippen LogP contribution in [-0.4, -0.2) is 9.97 Å². The second kappa shape index (κ2) is 6.10. The monoisotopic (exact) mass is 285 g/mol. The van der Waals surface area contributed by atoms with Crippen LogP contribution in [0.3, 0.4) is 0 Å². The second-order valence-electron chi connectivity index (χ2n) is 6.00. The molecule has 0 fully saturated rings. The molecule has 5 heteroatoms. The molecule has 0 saturated carbocycles. The van der Waals surface area contributed by atoms with E-state index in [0.29, 0.717) is 5.82 Å². The van der Waals surface area contributed by atoms with Crippen molar-refractivity contribution in [1.29, 1.82) is 0 Å². The van der Waals surface area contributed by atoms with E-state index in [1.807, 2.05) is 6.92 Å². The first kappa shape index (κ1) is 15.3. The van der Waals surface area contributed by atoms with E-state index < -0.39 is 0 Å². The minimum absolute atomic E-state index is 0.151. The molecule has 0 radical (unpaired) electrons. The lowest BCUT2D eigenvalue weighted by atomic mass is 9.87. The Morgan fingerprint density at radius 2 is 1.67 bits per heavy atom. The summed E-state index contributed by atoms with van der Waals surface area (Å²) in [4.78, 5) is 8.44. The van der Waals surface area contributed by atoms with Crippen molar-refractivity contribution in [3.8, 4) is 0 Å². The highest BCUT2D eigenvalue weighted by atomic mass is 15.3. The number of nitrogens with zero attached hydrogens (tertiary/aromatic N) is 2. The standard InChI is InChI=1S/C16H23N5/c1-5-13-14(18-10-19-15(13)21-17)20-12-8-6-11(7-9-12)16(2,3)4/h6-10H,5,17H2,1-4H3,(H2,18,19,20,21). The molecule has 5 nitrogen and oxygen atoms in total. The van der Waals surface area contributed by atoms with Gasteiger partial charge in [0.05, 0.1) is 0 Å². The van der Waals surface area contributed by atoms with Crippen LogP contribution in [0, 0.1) is 0 Å². The largest absolute Gasteiger partial charge is 0.340 e. The Morgan fingerprint density at radius 1 is 1.05 bits per heavy atom. The summed E-state index contributed by atoms with van der Waals surface area (Å²) in [7, 11) is 0. The van der Waals surface area contributed by atoms with Gasteiger partial charge in [-0.1, -0.05) is 39.8 Å². The number of nitrogens with two attached hydrogens (primary N) is 1. The summed E-state index contributed by atoms with van der Waals surface area (Å²) in [6, 6.07) is 8.41. The molecule has 0 saturated heterocycles. The summed E-state index contributed by atoms with van der Waals surface area (Å²) in [5.74, 6) is 6.92. The maximum Gasteiger partial charge on any atom is 0.148 e. The average molecular weight is 285 g/mol. The van der Waals surface area contributed by atoms with Crippen molar-refractivity contribution in [3.63, 3.8) is 0 Å². The number of benzene rings is 1. The molecule has 1 aromatic carbocycles. The molecule has 2 rings (SSSR count). The number of nitrogens with one attached hydrogen (secondary N) is 2. The van der Waals surface area contributed by atoms with E-state index in [1.54, 1.807) is 0 Å². The van der Waals surface area contributed by atoms with Gasteiger partial charge in [-0.25, -0.2) is 15.8 Å². The van der Waals surface area contributed by atoms with Gasteiger partial charge in [-0.15, -0.1) is 0 Å². The smallest absolute Gasteiger partial charge is 0.148 e. The van der Waals surface area contributed by atoms with Crippen LogP contribution in [-0.2, 0) is 11.8 Å². The van der Waals surface area contributed by atoms with Crippen LogP contribution in [0.15, 0.2) is 30.6 Å². The summed E-state index contributed by atoms with van der Waals surface area (Å²) in [6.07, 6.45) is 2.29. The van der Waals surface area contributed by atoms with E-state index in [4.69, 9.17) is 5.84 Å². The van der Waals surface area contributed by atoms with Crippen LogP contribution in [0.1, 0.15) is 38.8 Å². The van der Waals surface area contributed by atoms with Gasteiger partial charge in [-0.3, -0.25) is 0 Å². The third-order valence-corrected chi connectivity index (χ3v) is 3.45. The lowest BCUT2D eigenvalue weighted by Gasteiger charge is -2.19. The Kier molecular flexibility index (Phi) is 4.43. The number of hydrogen-bond donors (Lipinski definition) is 3. The zero-order valence-corrected chi connectivity index (χ0v) is 13.1. The van der Waals surface area contributed by atoms with E-state index in [-0.39, 0.29) is 5.41 Å². The lowest BCUT2D eigenvalue weighted by molar-refractivity contribution is 0.590. The number of aromatic nitrogens is 2. The fourth-order valence-electron chi connectivity index (χ4n) is 2.17. The molecule has 0 bridgehead atoms. The molecule has 0 spiro atoms. The van der Waals surface area contributed by atoms with Crippen molar-refractivity contribution in [3.05, 3.63) is 41.7 Å². The van der Waals surface area contributed by atoms with Crippen molar-refractivity contribution in [2.24, 2.45) is 5.84 Å². The van der Waals surface area contributed by atoms with Crippen molar-refractivity contribution in [2.75, 3.05) is 10.7 Å². The third-order valence-electron chi connectivity index (χ3n) is 3.45. The number of hydrogen-bond acceptors (Lipinski definition) is 5. The molecule has 0 atom stereocenters. The molecule has 0 aliphatic rings. The van der Waals surface area contributed by atoms with Gasteiger partial charge < -0.3 is 10.7 Å². The average Bonchev–Trinajstić information content (AvgIpc) is 2.46. The maximum atomic E-state index is 5.49. The molecule has 1 aromatic heterocycles. The zero-order valence-electron chi connectivity index (χ0n) is 13.1. The van der Waals surface area contributed by atoms with Crippen molar-refractivity contribution >= 4 is 17.3 Å². The Labute approximate surface area is 126 Å². The van der Waals surface area contributed by atoms with Gasteiger partial charge in [0.2, 0.25) is 0 Å². The third kappa shape index (κ3) is 3.49. The van der Waals surface area contributed by atoms with Gasteiger partial charge >= 0.3 is 0 Å². The first-order valence-electron chi connectivity index (χ1n) is 7.13. The van der Waals surface area contributed by atoms with E-state index in [1.165, 1.54) is 11.9 Å². The molecular formula is C16H23N5. The SMILES string of the molecule is CCc1c(NN)ncnc1Nc1ccc(C(C)(C)C)cc1. The minimum atomic E-state index is 0.151. The van der Waals surface area contributed by atoms with Gasteiger partial charge in [0, 0.05) is 11.3 Å². The Balaban J connectivity index is 2.26. The van der Waals surface area contributed by atoms with Crippen LogP contribution in [0.2, 0.25) is 0 Å². The van der Waals surface area contributed by atoms with Gasteiger partial charge in [0.1, 0.15) is 18.0 Å². The predicted octanol–water partition coefficient (Wildman–Crippen LogP) is 3.37. The highest BCUT2D eigenvalue weighted by molar-refractivity contribution is 5.64. The van der Waals surface area contributed by atoms with E-state index in [0.717, 1.165) is 23.5 Å². The van der Waals surface area contributed by atoms with Crippen LogP contribution >= 0.6 is 0 Å². The molecule has 0 amide bonds. The fraction of sp³-hybridized carbons (Fsp3) is 0.375. The summed E-state index contributed by atoms with van der Waals surface area (Å²) in [6.45, 7) is 8.66. The van der Waals surface area contributed by atoms with E-state index in [2.05, 4.69) is 65.7 Å². The first-order valence-corrected chi connectivity index (χ1v) is 7.13. The molecule has 21 heavy (non-hydrogen) atoms. The molecule has 1 heterocycles. The summed E-state index contributed by atoms with van der Waals surface area (Å²) < 4.78 is 0. The molecule has 0 aliphatic carbocycles. The number of anilines is 3.